The van der Waals surface area contributed by atoms with Crippen molar-refractivity contribution in [3.05, 3.63) is 95.8 Å². The number of hydrogen-bond acceptors (Lipinski definition) is 7. The van der Waals surface area contributed by atoms with Gasteiger partial charge in [0.05, 0.1) is 24.5 Å². The molecule has 4 rings (SSSR count). The number of hydrogen-bond donors (Lipinski definition) is 4. The lowest BCUT2D eigenvalue weighted by Gasteiger charge is -2.26. The SMILES string of the molecule is CC(C)(C)OC(=O)NC1Cc2ncccc2NC1=O.CNC(C(=O)NOC)C(c1ccccc1)c1ccccc1. The number of amides is 3. The molecule has 1 aliphatic rings. The summed E-state index contributed by atoms with van der Waals surface area (Å²) in [6, 6.07) is 22.4. The van der Waals surface area contributed by atoms with Gasteiger partial charge >= 0.3 is 6.09 Å². The summed E-state index contributed by atoms with van der Waals surface area (Å²) in [6.07, 6.45) is 1.41. The fraction of sp³-hybridized carbons (Fsp3) is 0.333. The number of carbonyl (C=O) groups is 3. The highest BCUT2D eigenvalue weighted by molar-refractivity contribution is 5.99. The van der Waals surface area contributed by atoms with Crippen molar-refractivity contribution in [3.63, 3.8) is 0 Å². The van der Waals surface area contributed by atoms with Gasteiger partial charge in [0.2, 0.25) is 5.91 Å². The van der Waals surface area contributed by atoms with Crippen LogP contribution < -0.4 is 21.4 Å². The van der Waals surface area contributed by atoms with Gasteiger partial charge in [-0.3, -0.25) is 19.4 Å². The molecule has 0 fully saturated rings. The molecular formula is C30H37N5O5. The standard InChI is InChI=1S/C17H20N2O2.C13H17N3O3/c1-18-16(17(20)19-21-2)15(13-9-5-3-6-10-13)14-11-7-4-8-12-14;1-13(2,3)19-12(18)16-10-7-9-8(15-11(10)17)5-4-6-14-9/h3-12,15-16,18H,1-2H3,(H,19,20);4-6,10H,7H2,1-3H3,(H,15,17)(H,16,18). The Balaban J connectivity index is 0.000000222. The summed E-state index contributed by atoms with van der Waals surface area (Å²) < 4.78 is 5.13. The van der Waals surface area contributed by atoms with Crippen LogP contribution in [-0.4, -0.2) is 54.7 Å². The normalized spacial score (nSPS) is 15.1. The van der Waals surface area contributed by atoms with Crippen LogP contribution in [0.3, 0.4) is 0 Å². The number of ether oxygens (including phenoxy) is 1. The molecule has 0 bridgehead atoms. The molecule has 0 spiro atoms. The largest absolute Gasteiger partial charge is 0.444 e. The molecule has 0 aliphatic carbocycles. The molecule has 2 unspecified atom stereocenters. The van der Waals surface area contributed by atoms with Gasteiger partial charge in [0, 0.05) is 18.5 Å². The van der Waals surface area contributed by atoms with Crippen LogP contribution in [0.5, 0.6) is 0 Å². The minimum atomic E-state index is -0.655. The number of rotatable bonds is 7. The van der Waals surface area contributed by atoms with Gasteiger partial charge in [-0.2, -0.15) is 0 Å². The first kappa shape index (κ1) is 30.3. The van der Waals surface area contributed by atoms with Gasteiger partial charge in [-0.25, -0.2) is 10.3 Å². The number of pyridine rings is 1. The number of benzene rings is 2. The highest BCUT2D eigenvalue weighted by atomic mass is 16.6. The third-order valence-corrected chi connectivity index (χ3v) is 6.00. The molecule has 2 heterocycles. The van der Waals surface area contributed by atoms with Gasteiger partial charge < -0.3 is 20.7 Å². The van der Waals surface area contributed by atoms with Crippen molar-refractivity contribution in [2.45, 2.75) is 50.8 Å². The Hall–Kier alpha value is -4.28. The summed E-state index contributed by atoms with van der Waals surface area (Å²) in [7, 11) is 3.21. The Labute approximate surface area is 234 Å². The van der Waals surface area contributed by atoms with Crippen LogP contribution in [0.4, 0.5) is 10.5 Å². The maximum atomic E-state index is 12.3. The highest BCUT2D eigenvalue weighted by Gasteiger charge is 2.31. The third kappa shape index (κ3) is 8.62. The van der Waals surface area contributed by atoms with Gasteiger partial charge in [-0.15, -0.1) is 0 Å². The Morgan fingerprint density at radius 1 is 0.975 bits per heavy atom. The van der Waals surface area contributed by atoms with E-state index in [1.165, 1.54) is 7.11 Å². The summed E-state index contributed by atoms with van der Waals surface area (Å²) in [4.78, 5) is 44.7. The molecule has 10 heteroatoms. The van der Waals surface area contributed by atoms with E-state index in [1.807, 2.05) is 60.7 Å². The lowest BCUT2D eigenvalue weighted by atomic mass is 9.84. The van der Waals surface area contributed by atoms with E-state index in [1.54, 1.807) is 46.1 Å². The molecule has 4 N–H and O–H groups in total. The van der Waals surface area contributed by atoms with Crippen LogP contribution in [0, 0.1) is 0 Å². The van der Waals surface area contributed by atoms with E-state index < -0.39 is 23.8 Å². The van der Waals surface area contributed by atoms with Gasteiger partial charge in [-0.1, -0.05) is 60.7 Å². The highest BCUT2D eigenvalue weighted by Crippen LogP contribution is 2.28. The monoisotopic (exact) mass is 547 g/mol. The zero-order valence-corrected chi connectivity index (χ0v) is 23.4. The van der Waals surface area contributed by atoms with Crippen molar-refractivity contribution in [2.24, 2.45) is 0 Å². The van der Waals surface area contributed by atoms with E-state index in [0.717, 1.165) is 16.8 Å². The molecule has 40 heavy (non-hydrogen) atoms. The predicted molar refractivity (Wildman–Crippen MR) is 152 cm³/mol. The molecule has 212 valence electrons. The van der Waals surface area contributed by atoms with Crippen molar-refractivity contribution in [1.82, 2.24) is 21.1 Å². The second-order valence-electron chi connectivity index (χ2n) is 10.1. The van der Waals surface area contributed by atoms with Crippen LogP contribution in [0.1, 0.15) is 43.5 Å². The van der Waals surface area contributed by atoms with Crippen molar-refractivity contribution in [1.29, 1.82) is 0 Å². The summed E-state index contributed by atoms with van der Waals surface area (Å²) in [6.45, 7) is 5.30. The van der Waals surface area contributed by atoms with E-state index >= 15 is 0 Å². The maximum absolute atomic E-state index is 12.3. The molecule has 1 aliphatic heterocycles. The summed E-state index contributed by atoms with van der Waals surface area (Å²) >= 11 is 0. The Morgan fingerprint density at radius 2 is 1.57 bits per heavy atom. The van der Waals surface area contributed by atoms with Crippen molar-refractivity contribution < 1.29 is 24.0 Å². The molecule has 0 radical (unpaired) electrons. The number of aromatic nitrogens is 1. The second kappa shape index (κ2) is 14.2. The van der Waals surface area contributed by atoms with Gasteiger partial charge in [0.1, 0.15) is 11.6 Å². The van der Waals surface area contributed by atoms with Gasteiger partial charge in [-0.05, 0) is 51.1 Å². The summed E-state index contributed by atoms with van der Waals surface area (Å²) in [5, 5.41) is 8.35. The van der Waals surface area contributed by atoms with Gasteiger partial charge in [0.25, 0.3) is 5.91 Å². The minimum Gasteiger partial charge on any atom is -0.444 e. The first-order valence-corrected chi connectivity index (χ1v) is 13.0. The number of fused-ring (bicyclic) bond motifs is 1. The fourth-order valence-corrected chi connectivity index (χ4v) is 4.30. The average molecular weight is 548 g/mol. The number of likely N-dealkylation sites (N-methyl/N-ethyl adjacent to an activating group) is 1. The lowest BCUT2D eigenvalue weighted by molar-refractivity contribution is -0.133. The number of carbonyl (C=O) groups excluding carboxylic acids is 3. The molecule has 2 atom stereocenters. The zero-order valence-electron chi connectivity index (χ0n) is 23.4. The van der Waals surface area contributed by atoms with Crippen molar-refractivity contribution >= 4 is 23.6 Å². The molecule has 1 aromatic heterocycles. The zero-order chi connectivity index (χ0) is 29.1. The average Bonchev–Trinajstić information content (AvgIpc) is 2.92. The van der Waals surface area contributed by atoms with E-state index in [2.05, 4.69) is 26.4 Å². The van der Waals surface area contributed by atoms with Crippen LogP contribution >= 0.6 is 0 Å². The van der Waals surface area contributed by atoms with E-state index in [0.29, 0.717) is 12.1 Å². The Bertz CT molecular complexity index is 1220. The summed E-state index contributed by atoms with van der Waals surface area (Å²) in [5.41, 5.74) is 5.42. The van der Waals surface area contributed by atoms with Gasteiger partial charge in [0.15, 0.2) is 0 Å². The first-order chi connectivity index (χ1) is 19.1. The predicted octanol–water partition coefficient (Wildman–Crippen LogP) is 3.55. The van der Waals surface area contributed by atoms with Crippen LogP contribution in [0.15, 0.2) is 79.0 Å². The van der Waals surface area contributed by atoms with E-state index in [9.17, 15) is 14.4 Å². The molecule has 0 saturated heterocycles. The van der Waals surface area contributed by atoms with Crippen LogP contribution in [0.2, 0.25) is 0 Å². The number of nitrogens with one attached hydrogen (secondary N) is 4. The van der Waals surface area contributed by atoms with Crippen LogP contribution in [-0.2, 0) is 25.6 Å². The van der Waals surface area contributed by atoms with Crippen molar-refractivity contribution in [2.75, 3.05) is 19.5 Å². The minimum absolute atomic E-state index is 0.0902. The molecule has 2 aromatic carbocycles. The first-order valence-electron chi connectivity index (χ1n) is 13.0. The smallest absolute Gasteiger partial charge is 0.408 e. The molecule has 3 amide bonds. The molecular weight excluding hydrogens is 510 g/mol. The number of alkyl carbamates (subject to hydrolysis) is 1. The lowest BCUT2D eigenvalue weighted by Crippen LogP contribution is -2.49. The Morgan fingerprint density at radius 3 is 2.10 bits per heavy atom. The molecule has 10 nitrogen and oxygen atoms in total. The van der Waals surface area contributed by atoms with Crippen molar-refractivity contribution in [3.8, 4) is 0 Å². The summed E-state index contributed by atoms with van der Waals surface area (Å²) in [5.74, 6) is -0.545. The van der Waals surface area contributed by atoms with E-state index in [4.69, 9.17) is 9.57 Å². The Kier molecular flexibility index (Phi) is 10.7. The topological polar surface area (TPSA) is 131 Å². The molecule has 0 saturated carbocycles. The second-order valence-corrected chi connectivity index (χ2v) is 10.1. The fourth-order valence-electron chi connectivity index (χ4n) is 4.30. The number of hydroxylamine groups is 1. The number of nitrogens with zero attached hydrogens (tertiary/aromatic N) is 1. The third-order valence-electron chi connectivity index (χ3n) is 6.00. The van der Waals surface area contributed by atoms with E-state index in [-0.39, 0.29) is 17.7 Å². The number of anilines is 1. The maximum Gasteiger partial charge on any atom is 0.408 e. The van der Waals surface area contributed by atoms with Crippen LogP contribution in [0.25, 0.3) is 0 Å². The molecule has 3 aromatic rings. The quantitative estimate of drug-likeness (QED) is 0.333.